The second kappa shape index (κ2) is 51.5. The van der Waals surface area contributed by atoms with Gasteiger partial charge in [0.05, 0.1) is 13.1 Å². The van der Waals surface area contributed by atoms with E-state index in [-0.39, 0.29) is 109 Å². The molecule has 14 N–H and O–H groups in total. The van der Waals surface area contributed by atoms with Gasteiger partial charge in [0.2, 0.25) is 23.0 Å². The van der Waals surface area contributed by atoms with Crippen molar-refractivity contribution in [3.05, 3.63) is 49.1 Å². The predicted octanol–water partition coefficient (Wildman–Crippen LogP) is 1.10. The van der Waals surface area contributed by atoms with Crippen molar-refractivity contribution in [1.29, 1.82) is 0 Å². The van der Waals surface area contributed by atoms with Crippen LogP contribution in [-0.2, 0) is 38.4 Å². The van der Waals surface area contributed by atoms with Gasteiger partial charge < -0.3 is 49.7 Å². The molecular formula is C37H78ClN6NaO11. The molecule has 0 aromatic carbocycles. The van der Waals surface area contributed by atoms with E-state index in [9.17, 15) is 38.4 Å². The number of nitrogens with one attached hydrogen (secondary N) is 1. The van der Waals surface area contributed by atoms with Gasteiger partial charge in [-0.05, 0) is 70.7 Å². The number of halogens is 1. The van der Waals surface area contributed by atoms with Gasteiger partial charge in [0.15, 0.2) is 11.6 Å². The van der Waals surface area contributed by atoms with Crippen LogP contribution in [0, 0.1) is 11.3 Å². The molecule has 0 rings (SSSR count). The number of carbonyl (C=O) groups excluding carboxylic acids is 6. The molecule has 0 heterocycles. The predicted molar refractivity (Wildman–Crippen MR) is 226 cm³/mol. The van der Waals surface area contributed by atoms with Crippen molar-refractivity contribution >= 4 is 58.1 Å². The first-order chi connectivity index (χ1) is 22.0. The van der Waals surface area contributed by atoms with Crippen molar-refractivity contribution in [2.75, 3.05) is 13.1 Å². The van der Waals surface area contributed by atoms with Crippen LogP contribution >= 0.6 is 11.6 Å². The van der Waals surface area contributed by atoms with Crippen LogP contribution in [0.25, 0.3) is 0 Å². The summed E-state index contributed by atoms with van der Waals surface area (Å²) < 4.78 is 0. The third-order valence-electron chi connectivity index (χ3n) is 5.29. The van der Waals surface area contributed by atoms with Gasteiger partial charge in [-0.25, -0.2) is 0 Å². The summed E-state index contributed by atoms with van der Waals surface area (Å²) in [5, 5.41) is 18.0. The Labute approximate surface area is 365 Å². The smallest absolute Gasteiger partial charge is 0.870 e. The van der Waals surface area contributed by atoms with E-state index >= 15 is 0 Å². The van der Waals surface area contributed by atoms with Gasteiger partial charge in [-0.15, -0.1) is 0 Å². The number of rotatable bonds is 14. The molecule has 3 atom stereocenters. The zero-order valence-corrected chi connectivity index (χ0v) is 34.1. The standard InChI is InChI=1S/C10H20N2O2.C7H11NO3.C5H9NO.C4H5ClO.C3H7NO2.C3H5NO.5CH4.Na.H2O/c1-4-7(9(12)14)5-10(2,3)8(13)6-11;1-4(2)6(9)8-5(3)7(10)11;1-4(2)5(7)3-6;1-3(2)4(5)6;1-2(4)3(5)6;1-2-3(4)5;;;;;;;/h7H,4-6,11H2,1-3H3,(H2,12,14);5H,1H2,2-3H3,(H,8,9)(H,10,11);1,3,6H2,2H3;1H2,2H3;2H,4H2,1H3,(H,5,6);2H,1H2,(H2,4,5);5*1H4;;1H2/q;;;;;;;;;;;+1;/p-1. The molecular weight excluding hydrogens is 763 g/mol. The van der Waals surface area contributed by atoms with E-state index in [0.717, 1.165) is 6.08 Å². The SMILES string of the molecule is C.C.C.C.C.C=C(C)C(=O)CN.C=C(C)C(=O)Cl.C=C(C)C(=O)NC(C)C(=O)O.C=CC(N)=O.CC(N)C(=O)O.CCC(CC(C)(C)C(=O)CN)C(N)=O.[Na+].[OH-]. The van der Waals surface area contributed by atoms with Gasteiger partial charge in [0.1, 0.15) is 12.1 Å². The molecule has 0 bridgehead atoms. The summed E-state index contributed by atoms with van der Waals surface area (Å²) in [5.41, 5.74) is 25.5. The molecule has 0 aromatic rings. The van der Waals surface area contributed by atoms with Crippen LogP contribution in [0.15, 0.2) is 49.1 Å². The van der Waals surface area contributed by atoms with E-state index in [1.165, 1.54) is 20.8 Å². The van der Waals surface area contributed by atoms with Crippen molar-refractivity contribution in [2.45, 2.75) is 117 Å². The fourth-order valence-electron chi connectivity index (χ4n) is 2.01. The number of nitrogens with two attached hydrogens (primary N) is 5. The molecule has 0 aliphatic carbocycles. The maximum atomic E-state index is 11.4. The maximum Gasteiger partial charge on any atom is 1.00 e. The van der Waals surface area contributed by atoms with Crippen molar-refractivity contribution in [3.8, 4) is 0 Å². The number of allylic oxidation sites excluding steroid dienone is 1. The van der Waals surface area contributed by atoms with Crippen LogP contribution in [0.5, 0.6) is 0 Å². The molecule has 17 nitrogen and oxygen atoms in total. The van der Waals surface area contributed by atoms with E-state index in [4.69, 9.17) is 44.7 Å². The second-order valence-corrected chi connectivity index (χ2v) is 11.1. The van der Waals surface area contributed by atoms with Crippen LogP contribution < -0.4 is 63.5 Å². The van der Waals surface area contributed by atoms with Crippen LogP contribution in [0.1, 0.15) is 105 Å². The van der Waals surface area contributed by atoms with E-state index in [1.54, 1.807) is 27.7 Å². The Hall–Kier alpha value is -3.55. The number of Topliss-reactive ketones (excluding diaryl/α,β-unsaturated/α-hetero) is 2. The number of carboxylic acids is 2. The number of aliphatic carboxylic acids is 2. The first-order valence-corrected chi connectivity index (χ1v) is 14.8. The summed E-state index contributed by atoms with van der Waals surface area (Å²) in [4.78, 5) is 82.6. The number of primary amides is 2. The van der Waals surface area contributed by atoms with Crippen LogP contribution in [-0.4, -0.2) is 87.3 Å². The van der Waals surface area contributed by atoms with Gasteiger partial charge >= 0.3 is 41.5 Å². The maximum absolute atomic E-state index is 11.4. The molecule has 0 saturated carbocycles. The minimum absolute atomic E-state index is 0. The summed E-state index contributed by atoms with van der Waals surface area (Å²) in [5.74, 6) is -3.61. The molecule has 0 radical (unpaired) electrons. The van der Waals surface area contributed by atoms with E-state index < -0.39 is 46.5 Å². The Morgan fingerprint density at radius 1 is 0.786 bits per heavy atom. The molecule has 56 heavy (non-hydrogen) atoms. The van der Waals surface area contributed by atoms with Gasteiger partial charge in [0.25, 0.3) is 0 Å². The second-order valence-electron chi connectivity index (χ2n) is 10.7. The Kier molecular flexibility index (Phi) is 82.0. The van der Waals surface area contributed by atoms with Crippen molar-refractivity contribution in [1.82, 2.24) is 5.32 Å². The molecule has 3 unspecified atom stereocenters. The molecule has 19 heteroatoms. The zero-order valence-electron chi connectivity index (χ0n) is 31.3. The Balaban J connectivity index is -0.0000000365. The van der Waals surface area contributed by atoms with Gasteiger partial charge in [-0.3, -0.25) is 38.4 Å². The number of amides is 3. The quantitative estimate of drug-likeness (QED) is 0.0690. The Bertz CT molecular complexity index is 1170. The third-order valence-corrected chi connectivity index (χ3v) is 5.61. The van der Waals surface area contributed by atoms with Gasteiger partial charge in [-0.1, -0.05) is 84.2 Å². The summed E-state index contributed by atoms with van der Waals surface area (Å²) in [6.45, 7) is 26.2. The van der Waals surface area contributed by atoms with Crippen molar-refractivity contribution < 1.29 is 83.6 Å². The monoisotopic (exact) mass is 841 g/mol. The first kappa shape index (κ1) is 89.2. The Morgan fingerprint density at radius 3 is 1.23 bits per heavy atom. The first-order valence-electron chi connectivity index (χ1n) is 14.4. The zero-order chi connectivity index (χ0) is 40.8. The topological polar surface area (TPSA) is 349 Å². The average molecular weight is 842 g/mol. The van der Waals surface area contributed by atoms with E-state index in [2.05, 4.69) is 37.4 Å². The van der Waals surface area contributed by atoms with E-state index in [1.807, 2.05) is 6.92 Å². The molecule has 0 saturated heterocycles. The molecule has 330 valence electrons. The minimum Gasteiger partial charge on any atom is -0.870 e. The number of hydrogen-bond donors (Lipinski definition) is 8. The third kappa shape index (κ3) is 65.3. The summed E-state index contributed by atoms with van der Waals surface area (Å²) >= 11 is 4.87. The summed E-state index contributed by atoms with van der Waals surface area (Å²) in [6, 6.07) is -1.59. The van der Waals surface area contributed by atoms with Crippen molar-refractivity contribution in [3.63, 3.8) is 0 Å². The summed E-state index contributed by atoms with van der Waals surface area (Å²) in [6.07, 6.45) is 2.20. The fraction of sp³-hybridized carbons (Fsp3) is 0.568. The largest absolute Gasteiger partial charge is 1.00 e. The van der Waals surface area contributed by atoms with E-state index in [0.29, 0.717) is 29.6 Å². The van der Waals surface area contributed by atoms with Crippen LogP contribution in [0.2, 0.25) is 0 Å². The molecule has 0 aliphatic heterocycles. The van der Waals surface area contributed by atoms with Crippen LogP contribution in [0.3, 0.4) is 0 Å². The molecule has 0 aromatic heterocycles. The number of carbonyl (C=O) groups is 8. The molecule has 0 spiro atoms. The normalized spacial score (nSPS) is 9.64. The Morgan fingerprint density at radius 2 is 1.11 bits per heavy atom. The average Bonchev–Trinajstić information content (AvgIpc) is 2.99. The fourth-order valence-corrected chi connectivity index (χ4v) is 2.01. The number of carboxylic acid groups (broad SMARTS) is 2. The van der Waals surface area contributed by atoms with Crippen molar-refractivity contribution in [2.24, 2.45) is 40.0 Å². The number of ketones is 2. The minimum atomic E-state index is -1.06. The molecule has 0 aliphatic rings. The van der Waals surface area contributed by atoms with Gasteiger partial charge in [-0.2, -0.15) is 0 Å². The molecule has 0 fully saturated rings. The number of hydrogen-bond acceptors (Lipinski definition) is 12. The van der Waals surface area contributed by atoms with Gasteiger partial charge in [0, 0.05) is 22.5 Å². The summed E-state index contributed by atoms with van der Waals surface area (Å²) in [7, 11) is 0. The molecule has 3 amide bonds. The van der Waals surface area contributed by atoms with Crippen LogP contribution in [0.4, 0.5) is 0 Å².